The van der Waals surface area contributed by atoms with Crippen molar-refractivity contribution in [2.45, 2.75) is 17.9 Å². The molecule has 0 spiro atoms. The van der Waals surface area contributed by atoms with Gasteiger partial charge in [0, 0.05) is 13.2 Å². The molecule has 3 N–H and O–H groups in total. The van der Waals surface area contributed by atoms with Crippen LogP contribution in [0.15, 0.2) is 26.7 Å². The van der Waals surface area contributed by atoms with Crippen molar-refractivity contribution in [2.75, 3.05) is 0 Å². The third kappa shape index (κ3) is 2.76. The van der Waals surface area contributed by atoms with Gasteiger partial charge in [0.2, 0.25) is 10.0 Å². The van der Waals surface area contributed by atoms with Gasteiger partial charge in [0.05, 0.1) is 5.39 Å². The monoisotopic (exact) mass is 328 g/mol. The average molecular weight is 328 g/mol. The van der Waals surface area contributed by atoms with Gasteiger partial charge in [-0.2, -0.15) is 4.72 Å². The van der Waals surface area contributed by atoms with Gasteiger partial charge in [-0.1, -0.05) is 0 Å². The number of hydrogen-bond donors (Lipinski definition) is 3. The third-order valence-corrected chi connectivity index (χ3v) is 4.45. The molecule has 0 aliphatic carbocycles. The highest BCUT2D eigenvalue weighted by atomic mass is 32.2. The van der Waals surface area contributed by atoms with Crippen molar-refractivity contribution < 1.29 is 18.3 Å². The molecule has 1 unspecified atom stereocenters. The van der Waals surface area contributed by atoms with Gasteiger partial charge < -0.3 is 5.11 Å². The number of pyridine rings is 1. The van der Waals surface area contributed by atoms with Crippen LogP contribution in [0.3, 0.4) is 0 Å². The van der Waals surface area contributed by atoms with E-state index < -0.39 is 33.3 Å². The van der Waals surface area contributed by atoms with E-state index in [2.05, 4.69) is 4.98 Å². The zero-order valence-corrected chi connectivity index (χ0v) is 12.3. The van der Waals surface area contributed by atoms with Gasteiger partial charge in [0.25, 0.3) is 5.56 Å². The van der Waals surface area contributed by atoms with E-state index in [1.807, 2.05) is 9.71 Å². The number of aryl methyl sites for hydroxylation is 1. The molecule has 118 valence electrons. The van der Waals surface area contributed by atoms with Crippen LogP contribution >= 0.6 is 0 Å². The molecule has 0 amide bonds. The molecule has 0 aliphatic rings. The van der Waals surface area contributed by atoms with Crippen LogP contribution in [0.25, 0.3) is 11.0 Å². The van der Waals surface area contributed by atoms with E-state index in [-0.39, 0.29) is 15.9 Å². The fourth-order valence-corrected chi connectivity index (χ4v) is 2.88. The number of nitrogens with one attached hydrogen (secondary N) is 2. The number of aromatic nitrogens is 3. The highest BCUT2D eigenvalue weighted by Crippen LogP contribution is 2.12. The van der Waals surface area contributed by atoms with E-state index >= 15 is 0 Å². The summed E-state index contributed by atoms with van der Waals surface area (Å²) in [6.07, 6.45) is 0.943. The summed E-state index contributed by atoms with van der Waals surface area (Å²) >= 11 is 0. The van der Waals surface area contributed by atoms with E-state index in [1.165, 1.54) is 7.05 Å². The topological polar surface area (TPSA) is 151 Å². The number of H-pyrrole nitrogens is 1. The minimum atomic E-state index is -4.17. The van der Waals surface area contributed by atoms with Crippen molar-refractivity contribution in [3.63, 3.8) is 0 Å². The van der Waals surface area contributed by atoms with Gasteiger partial charge >= 0.3 is 11.7 Å². The Morgan fingerprint density at radius 3 is 2.68 bits per heavy atom. The first-order chi connectivity index (χ1) is 10.1. The van der Waals surface area contributed by atoms with Gasteiger partial charge in [-0.15, -0.1) is 0 Å². The average Bonchev–Trinajstić information content (AvgIpc) is 2.43. The molecule has 2 aromatic rings. The van der Waals surface area contributed by atoms with Crippen molar-refractivity contribution in [3.05, 3.63) is 33.1 Å². The number of carbonyl (C=O) groups is 1. The first kappa shape index (κ1) is 15.9. The summed E-state index contributed by atoms with van der Waals surface area (Å²) in [5.74, 6) is -1.35. The lowest BCUT2D eigenvalue weighted by Crippen LogP contribution is -2.38. The number of carboxylic acid groups (broad SMARTS) is 1. The molecule has 2 aromatic heterocycles. The van der Waals surface area contributed by atoms with E-state index in [0.29, 0.717) is 0 Å². The maximum atomic E-state index is 12.1. The number of carboxylic acids is 1. The Hall–Kier alpha value is -2.53. The van der Waals surface area contributed by atoms with Gasteiger partial charge in [-0.05, 0) is 13.0 Å². The molecule has 2 rings (SSSR count). The maximum absolute atomic E-state index is 12.1. The molecule has 0 radical (unpaired) electrons. The van der Waals surface area contributed by atoms with Crippen LogP contribution in [-0.4, -0.2) is 40.1 Å². The molecule has 2 heterocycles. The fourth-order valence-electron chi connectivity index (χ4n) is 1.72. The SMILES string of the molecule is CC(NS(=O)(=O)c1cnc2c(c1)c(=O)[nH]c(=O)n2C)C(=O)O. The van der Waals surface area contributed by atoms with Crippen LogP contribution in [0.4, 0.5) is 0 Å². The number of fused-ring (bicyclic) bond motifs is 1. The van der Waals surface area contributed by atoms with Crippen LogP contribution in [-0.2, 0) is 21.9 Å². The summed E-state index contributed by atoms with van der Waals surface area (Å²) in [4.78, 5) is 39.3. The summed E-state index contributed by atoms with van der Waals surface area (Å²) in [6.45, 7) is 1.16. The van der Waals surface area contributed by atoms with Crippen molar-refractivity contribution in [1.82, 2.24) is 19.3 Å². The second kappa shape index (κ2) is 5.35. The van der Waals surface area contributed by atoms with Gasteiger partial charge in [0.1, 0.15) is 16.6 Å². The van der Waals surface area contributed by atoms with E-state index in [1.54, 1.807) is 0 Å². The Labute approximate surface area is 123 Å². The summed E-state index contributed by atoms with van der Waals surface area (Å²) in [6, 6.07) is -0.323. The van der Waals surface area contributed by atoms with Crippen LogP contribution in [0.2, 0.25) is 0 Å². The Morgan fingerprint density at radius 2 is 2.09 bits per heavy atom. The predicted octanol–water partition coefficient (Wildman–Crippen LogP) is -1.63. The number of sulfonamides is 1. The second-order valence-corrected chi connectivity index (χ2v) is 6.26. The molecule has 0 saturated carbocycles. The van der Waals surface area contributed by atoms with Crippen LogP contribution in [0.1, 0.15) is 6.92 Å². The quantitative estimate of drug-likeness (QED) is 0.609. The smallest absolute Gasteiger partial charge is 0.329 e. The van der Waals surface area contributed by atoms with Crippen molar-refractivity contribution in [2.24, 2.45) is 7.05 Å². The Kier molecular flexibility index (Phi) is 3.85. The number of nitrogens with zero attached hydrogens (tertiary/aromatic N) is 2. The highest BCUT2D eigenvalue weighted by Gasteiger charge is 2.22. The number of hydrogen-bond acceptors (Lipinski definition) is 6. The second-order valence-electron chi connectivity index (χ2n) is 4.54. The zero-order chi connectivity index (χ0) is 16.7. The summed E-state index contributed by atoms with van der Waals surface area (Å²) in [5.41, 5.74) is -1.45. The van der Waals surface area contributed by atoms with Crippen molar-refractivity contribution >= 4 is 27.0 Å². The Bertz CT molecular complexity index is 974. The van der Waals surface area contributed by atoms with Gasteiger partial charge in [-0.25, -0.2) is 18.2 Å². The molecule has 11 heteroatoms. The molecule has 10 nitrogen and oxygen atoms in total. The Morgan fingerprint density at radius 1 is 1.45 bits per heavy atom. The lowest BCUT2D eigenvalue weighted by molar-refractivity contribution is -0.138. The van der Waals surface area contributed by atoms with Gasteiger partial charge in [-0.3, -0.25) is 19.1 Å². The molecule has 0 fully saturated rings. The number of aliphatic carboxylic acids is 1. The molecule has 0 saturated heterocycles. The minimum Gasteiger partial charge on any atom is -0.480 e. The van der Waals surface area contributed by atoms with E-state index in [9.17, 15) is 22.8 Å². The highest BCUT2D eigenvalue weighted by molar-refractivity contribution is 7.89. The third-order valence-electron chi connectivity index (χ3n) is 2.94. The predicted molar refractivity (Wildman–Crippen MR) is 75.0 cm³/mol. The van der Waals surface area contributed by atoms with Crippen LogP contribution in [0, 0.1) is 0 Å². The van der Waals surface area contributed by atoms with Crippen molar-refractivity contribution in [3.8, 4) is 0 Å². The lowest BCUT2D eigenvalue weighted by atomic mass is 10.3. The van der Waals surface area contributed by atoms with Gasteiger partial charge in [0.15, 0.2) is 0 Å². The van der Waals surface area contributed by atoms with Crippen LogP contribution in [0.5, 0.6) is 0 Å². The van der Waals surface area contributed by atoms with Crippen LogP contribution < -0.4 is 16.0 Å². The maximum Gasteiger partial charge on any atom is 0.329 e. The molecule has 0 aromatic carbocycles. The number of aromatic amines is 1. The zero-order valence-electron chi connectivity index (χ0n) is 11.5. The normalized spacial score (nSPS) is 13.2. The fraction of sp³-hybridized carbons (Fsp3) is 0.273. The molecular formula is C11H12N4O6S. The first-order valence-electron chi connectivity index (χ1n) is 5.97. The largest absolute Gasteiger partial charge is 0.480 e. The molecule has 0 aliphatic heterocycles. The summed E-state index contributed by atoms with van der Waals surface area (Å²) in [7, 11) is -2.80. The first-order valence-corrected chi connectivity index (χ1v) is 7.46. The summed E-state index contributed by atoms with van der Waals surface area (Å²) < 4.78 is 27.1. The minimum absolute atomic E-state index is 0.0129. The lowest BCUT2D eigenvalue weighted by Gasteiger charge is -2.10. The molecule has 1 atom stereocenters. The summed E-state index contributed by atoms with van der Waals surface area (Å²) in [5, 5.41) is 8.64. The number of rotatable bonds is 4. The standard InChI is InChI=1S/C11H12N4O6S/c1-5(10(17)18)14-22(20,21)6-3-7-8(12-4-6)15(2)11(19)13-9(7)16/h3-5,14H,1-2H3,(H,17,18)(H,13,16,19). The molecule has 0 bridgehead atoms. The Balaban J connectivity index is 2.62. The van der Waals surface area contributed by atoms with Crippen molar-refractivity contribution in [1.29, 1.82) is 0 Å². The van der Waals surface area contributed by atoms with E-state index in [0.717, 1.165) is 23.8 Å². The van der Waals surface area contributed by atoms with E-state index in [4.69, 9.17) is 5.11 Å². The molecule has 22 heavy (non-hydrogen) atoms. The molecular weight excluding hydrogens is 316 g/mol.